The minimum Gasteiger partial charge on any atom is -0.435 e. The van der Waals surface area contributed by atoms with Crippen LogP contribution in [0.1, 0.15) is 21.7 Å². The third-order valence-electron chi connectivity index (χ3n) is 6.55. The lowest BCUT2D eigenvalue weighted by Gasteiger charge is -2.32. The number of likely N-dealkylation sites (N-methyl/N-ethyl adjacent to an activating group) is 1. The first-order valence-electron chi connectivity index (χ1n) is 12.4. The summed E-state index contributed by atoms with van der Waals surface area (Å²) in [6.07, 6.45) is 2.98. The number of benzene rings is 1. The van der Waals surface area contributed by atoms with Crippen LogP contribution >= 0.6 is 0 Å². The van der Waals surface area contributed by atoms with Gasteiger partial charge in [0.05, 0.1) is 17.6 Å². The Kier molecular flexibility index (Phi) is 7.21. The monoisotopic (exact) mass is 518 g/mol. The Morgan fingerprint density at radius 3 is 2.63 bits per heavy atom. The number of H-pyrrole nitrogens is 1. The second kappa shape index (κ2) is 10.7. The van der Waals surface area contributed by atoms with E-state index >= 15 is 4.39 Å². The molecule has 38 heavy (non-hydrogen) atoms. The van der Waals surface area contributed by atoms with Gasteiger partial charge in [0.1, 0.15) is 11.9 Å². The molecule has 1 amide bonds. The van der Waals surface area contributed by atoms with Gasteiger partial charge in [0.25, 0.3) is 5.91 Å². The molecule has 0 radical (unpaired) electrons. The van der Waals surface area contributed by atoms with Crippen molar-refractivity contribution in [2.45, 2.75) is 13.5 Å². The molecule has 0 atom stereocenters. The first-order chi connectivity index (χ1) is 18.3. The molecule has 0 unspecified atom stereocenters. The number of anilines is 2. The van der Waals surface area contributed by atoms with Crippen molar-refractivity contribution in [1.29, 1.82) is 0 Å². The molecule has 1 aromatic carbocycles. The zero-order valence-corrected chi connectivity index (χ0v) is 22.0. The van der Waals surface area contributed by atoms with Gasteiger partial charge in [0, 0.05) is 63.4 Å². The predicted octanol–water partition coefficient (Wildman–Crippen LogP) is 3.79. The fourth-order valence-corrected chi connectivity index (χ4v) is 4.39. The Morgan fingerprint density at radius 1 is 1.13 bits per heavy atom. The van der Waals surface area contributed by atoms with Crippen LogP contribution in [0.5, 0.6) is 11.6 Å². The number of nitrogens with zero attached hydrogens (tertiary/aromatic N) is 6. The number of halogens is 1. The predicted molar refractivity (Wildman–Crippen MR) is 143 cm³/mol. The Balaban J connectivity index is 1.40. The quantitative estimate of drug-likeness (QED) is 0.381. The maximum atomic E-state index is 15.2. The molecule has 11 heteroatoms. The molecule has 4 heterocycles. The molecule has 10 nitrogen and oxygen atoms in total. The van der Waals surface area contributed by atoms with Crippen LogP contribution in [-0.2, 0) is 6.54 Å². The van der Waals surface area contributed by atoms with E-state index in [1.54, 1.807) is 32.4 Å². The summed E-state index contributed by atoms with van der Waals surface area (Å²) in [7, 11) is 5.37. The molecule has 0 saturated carbocycles. The van der Waals surface area contributed by atoms with Crippen molar-refractivity contribution in [1.82, 2.24) is 34.6 Å². The average molecular weight is 519 g/mol. The van der Waals surface area contributed by atoms with Crippen LogP contribution in [0.4, 0.5) is 15.9 Å². The summed E-state index contributed by atoms with van der Waals surface area (Å²) in [5, 5.41) is 3.56. The highest BCUT2D eigenvalue weighted by molar-refractivity contribution is 6.01. The van der Waals surface area contributed by atoms with E-state index in [1.807, 2.05) is 19.1 Å². The molecule has 5 rings (SSSR count). The number of amides is 1. The maximum absolute atomic E-state index is 15.2. The highest BCUT2D eigenvalue weighted by Crippen LogP contribution is 2.33. The molecular weight excluding hydrogens is 487 g/mol. The fraction of sp³-hybridized carbons (Fsp3) is 0.333. The number of pyridine rings is 1. The Bertz CT molecular complexity index is 1450. The van der Waals surface area contributed by atoms with E-state index < -0.39 is 5.82 Å². The summed E-state index contributed by atoms with van der Waals surface area (Å²) in [6, 6.07) is 8.79. The number of carbonyl (C=O) groups excluding carboxylic acids is 1. The standard InChI is InChI=1S/C27H31FN8O2/c1-17-13-20-21(32-17)7-8-22(24(20)28)38-26-23(27(37)34(2)3)25(30-16-31-26)33-18-5-6-19(29-14-18)15-36-11-9-35(4)10-12-36/h5-8,13-14,16,32H,9-12,15H2,1-4H3,(H,30,31,33). The number of aromatic amines is 1. The van der Waals surface area contributed by atoms with Gasteiger partial charge in [-0.1, -0.05) is 0 Å². The van der Waals surface area contributed by atoms with Crippen LogP contribution < -0.4 is 10.1 Å². The molecule has 1 fully saturated rings. The SMILES string of the molecule is Cc1cc2c(F)c(Oc3ncnc(Nc4ccc(CN5CCN(C)CC5)nc4)c3C(=O)N(C)C)ccc2[nH]1. The van der Waals surface area contributed by atoms with Crippen LogP contribution in [0, 0.1) is 12.7 Å². The number of rotatable bonds is 7. The van der Waals surface area contributed by atoms with Crippen LogP contribution in [0.25, 0.3) is 10.9 Å². The van der Waals surface area contributed by atoms with E-state index in [9.17, 15) is 4.79 Å². The second-order valence-electron chi connectivity index (χ2n) is 9.74. The van der Waals surface area contributed by atoms with Crippen molar-refractivity contribution >= 4 is 28.3 Å². The van der Waals surface area contributed by atoms with Crippen molar-refractivity contribution < 1.29 is 13.9 Å². The molecule has 0 aliphatic carbocycles. The summed E-state index contributed by atoms with van der Waals surface area (Å²) < 4.78 is 21.1. The number of nitrogens with one attached hydrogen (secondary N) is 2. The normalized spacial score (nSPS) is 14.6. The molecular formula is C27H31FN8O2. The van der Waals surface area contributed by atoms with Gasteiger partial charge in [-0.25, -0.2) is 14.4 Å². The van der Waals surface area contributed by atoms with Crippen molar-refractivity contribution in [2.24, 2.45) is 0 Å². The summed E-state index contributed by atoms with van der Waals surface area (Å²) >= 11 is 0. The van der Waals surface area contributed by atoms with E-state index in [0.29, 0.717) is 16.6 Å². The molecule has 1 aliphatic rings. The van der Waals surface area contributed by atoms with E-state index in [1.165, 1.54) is 17.3 Å². The van der Waals surface area contributed by atoms with Crippen LogP contribution in [0.2, 0.25) is 0 Å². The van der Waals surface area contributed by atoms with E-state index in [2.05, 4.69) is 42.1 Å². The van der Waals surface area contributed by atoms with Gasteiger partial charge in [-0.2, -0.15) is 0 Å². The van der Waals surface area contributed by atoms with E-state index in [4.69, 9.17) is 4.74 Å². The molecule has 0 spiro atoms. The van der Waals surface area contributed by atoms with Crippen LogP contribution in [0.15, 0.2) is 42.9 Å². The minimum absolute atomic E-state index is 0.0381. The van der Waals surface area contributed by atoms with Crippen LogP contribution in [-0.4, -0.2) is 87.9 Å². The lowest BCUT2D eigenvalue weighted by Crippen LogP contribution is -2.43. The third-order valence-corrected chi connectivity index (χ3v) is 6.55. The topological polar surface area (TPSA) is 103 Å². The number of hydrogen-bond donors (Lipinski definition) is 2. The van der Waals surface area contributed by atoms with Crippen LogP contribution in [0.3, 0.4) is 0 Å². The molecule has 198 valence electrons. The lowest BCUT2D eigenvalue weighted by atomic mass is 10.2. The largest absolute Gasteiger partial charge is 0.435 e. The smallest absolute Gasteiger partial charge is 0.262 e. The number of aryl methyl sites for hydroxylation is 1. The van der Waals surface area contributed by atoms with Crippen molar-refractivity contribution in [2.75, 3.05) is 52.6 Å². The first-order valence-corrected chi connectivity index (χ1v) is 12.4. The fourth-order valence-electron chi connectivity index (χ4n) is 4.39. The highest BCUT2D eigenvalue weighted by Gasteiger charge is 2.24. The zero-order valence-electron chi connectivity index (χ0n) is 22.0. The van der Waals surface area contributed by atoms with Crippen molar-refractivity contribution in [3.63, 3.8) is 0 Å². The average Bonchev–Trinajstić information content (AvgIpc) is 3.29. The number of piperazine rings is 1. The van der Waals surface area contributed by atoms with Gasteiger partial charge in [-0.3, -0.25) is 14.7 Å². The lowest BCUT2D eigenvalue weighted by molar-refractivity contribution is 0.0825. The number of aromatic nitrogens is 4. The summed E-state index contributed by atoms with van der Waals surface area (Å²) in [6.45, 7) is 6.74. The summed E-state index contributed by atoms with van der Waals surface area (Å²) in [4.78, 5) is 35.4. The van der Waals surface area contributed by atoms with Gasteiger partial charge in [-0.15, -0.1) is 0 Å². The van der Waals surface area contributed by atoms with Gasteiger partial charge < -0.3 is 24.8 Å². The van der Waals surface area contributed by atoms with E-state index in [-0.39, 0.29) is 28.9 Å². The van der Waals surface area contributed by atoms with Crippen molar-refractivity contribution in [3.05, 3.63) is 65.6 Å². The molecule has 1 saturated heterocycles. The number of carbonyl (C=O) groups is 1. The van der Waals surface area contributed by atoms with Gasteiger partial charge in [-0.05, 0) is 44.3 Å². The van der Waals surface area contributed by atoms with Gasteiger partial charge in [0.15, 0.2) is 17.4 Å². The Morgan fingerprint density at radius 2 is 1.92 bits per heavy atom. The summed E-state index contributed by atoms with van der Waals surface area (Å²) in [5.41, 5.74) is 3.19. The molecule has 3 aromatic heterocycles. The second-order valence-corrected chi connectivity index (χ2v) is 9.74. The highest BCUT2D eigenvalue weighted by atomic mass is 19.1. The zero-order chi connectivity index (χ0) is 26.8. The third kappa shape index (κ3) is 5.43. The first kappa shape index (κ1) is 25.6. The van der Waals surface area contributed by atoms with Crippen molar-refractivity contribution in [3.8, 4) is 11.6 Å². The van der Waals surface area contributed by atoms with Gasteiger partial charge in [0.2, 0.25) is 5.88 Å². The number of fused-ring (bicyclic) bond motifs is 1. The summed E-state index contributed by atoms with van der Waals surface area (Å²) in [5.74, 6) is -0.776. The molecule has 2 N–H and O–H groups in total. The van der Waals surface area contributed by atoms with E-state index in [0.717, 1.165) is 44.1 Å². The number of hydrogen-bond acceptors (Lipinski definition) is 8. The maximum Gasteiger partial charge on any atom is 0.262 e. The molecule has 4 aromatic rings. The van der Waals surface area contributed by atoms with Gasteiger partial charge >= 0.3 is 0 Å². The Hall–Kier alpha value is -4.09. The number of ether oxygens (including phenoxy) is 1. The Labute approximate surface area is 220 Å². The molecule has 1 aliphatic heterocycles. The molecule has 0 bridgehead atoms. The minimum atomic E-state index is -0.539.